The summed E-state index contributed by atoms with van der Waals surface area (Å²) in [7, 11) is 0. The lowest BCUT2D eigenvalue weighted by Gasteiger charge is -2.13. The Morgan fingerprint density at radius 1 is 1.35 bits per heavy atom. The Kier molecular flexibility index (Phi) is 5.73. The highest BCUT2D eigenvalue weighted by Crippen LogP contribution is 2.32. The van der Waals surface area contributed by atoms with E-state index in [1.54, 1.807) is 30.3 Å². The monoisotopic (exact) mass is 502 g/mol. The van der Waals surface area contributed by atoms with Crippen LogP contribution in [0.5, 0.6) is 0 Å². The second-order valence-electron chi connectivity index (χ2n) is 5.42. The van der Waals surface area contributed by atoms with Crippen LogP contribution >= 0.6 is 46.0 Å². The number of carbonyl (C=O) groups excluding carboxylic acids is 3. The summed E-state index contributed by atoms with van der Waals surface area (Å²) in [4.78, 5) is 37.9. The number of rotatable bonds is 4. The number of imide groups is 1. The van der Waals surface area contributed by atoms with Crippen LogP contribution in [0.3, 0.4) is 0 Å². The third-order valence-electron chi connectivity index (χ3n) is 3.52. The van der Waals surface area contributed by atoms with Crippen molar-refractivity contribution in [2.24, 2.45) is 0 Å². The second kappa shape index (κ2) is 7.85. The van der Waals surface area contributed by atoms with Crippen molar-refractivity contribution in [2.45, 2.75) is 6.92 Å². The average molecular weight is 503 g/mol. The zero-order valence-corrected chi connectivity index (χ0v) is 17.1. The number of furan rings is 1. The first-order valence-corrected chi connectivity index (χ1v) is 9.67. The van der Waals surface area contributed by atoms with E-state index in [2.05, 4.69) is 5.32 Å². The van der Waals surface area contributed by atoms with Crippen LogP contribution in [0.4, 0.5) is 10.5 Å². The summed E-state index contributed by atoms with van der Waals surface area (Å²) in [6, 6.07) is 8.54. The molecule has 1 aromatic heterocycles. The Morgan fingerprint density at radius 2 is 2.12 bits per heavy atom. The fraction of sp³-hybridized carbons (Fsp3) is 0.118. The molecule has 0 bridgehead atoms. The minimum atomic E-state index is -0.524. The molecule has 6 nitrogen and oxygen atoms in total. The summed E-state index contributed by atoms with van der Waals surface area (Å²) < 4.78 is 6.04. The van der Waals surface area contributed by atoms with Gasteiger partial charge in [0.25, 0.3) is 11.1 Å². The number of carbonyl (C=O) groups is 3. The van der Waals surface area contributed by atoms with Crippen molar-refractivity contribution in [1.29, 1.82) is 0 Å². The molecule has 1 N–H and O–H groups in total. The van der Waals surface area contributed by atoms with E-state index < -0.39 is 17.1 Å². The Balaban J connectivity index is 1.70. The van der Waals surface area contributed by atoms with Crippen LogP contribution in [0.15, 0.2) is 39.7 Å². The first-order chi connectivity index (χ1) is 12.3. The van der Waals surface area contributed by atoms with E-state index in [1.165, 1.54) is 6.08 Å². The summed E-state index contributed by atoms with van der Waals surface area (Å²) in [5.74, 6) is -0.533. The zero-order chi connectivity index (χ0) is 18.8. The standard InChI is InChI=1S/C17H12ClIN2O4S/c1-9-2-3-10(18)6-12(9)20-15(22)8-21-16(23)13(26-17(21)24)7-11-4-5-14(19)25-11/h2-7H,8H2,1H3,(H,20,22)/b13-7-. The molecule has 1 saturated heterocycles. The second-order valence-corrected chi connectivity index (χ2v) is 7.91. The maximum atomic E-state index is 12.4. The molecule has 0 aliphatic carbocycles. The van der Waals surface area contributed by atoms with Crippen molar-refractivity contribution in [2.75, 3.05) is 11.9 Å². The maximum Gasteiger partial charge on any atom is 0.294 e. The third-order valence-corrected chi connectivity index (χ3v) is 5.24. The van der Waals surface area contributed by atoms with Crippen LogP contribution in [0, 0.1) is 10.7 Å². The number of aryl methyl sites for hydroxylation is 1. The summed E-state index contributed by atoms with van der Waals surface area (Å²) in [5.41, 5.74) is 1.36. The van der Waals surface area contributed by atoms with E-state index in [1.807, 2.05) is 29.5 Å². The minimum Gasteiger partial charge on any atom is -0.451 e. The van der Waals surface area contributed by atoms with Gasteiger partial charge in [-0.3, -0.25) is 19.3 Å². The smallest absolute Gasteiger partial charge is 0.294 e. The molecule has 3 rings (SSSR count). The third kappa shape index (κ3) is 4.30. The maximum absolute atomic E-state index is 12.4. The van der Waals surface area contributed by atoms with Crippen LogP contribution in [0.2, 0.25) is 5.02 Å². The summed E-state index contributed by atoms with van der Waals surface area (Å²) >= 11 is 8.70. The number of hydrogen-bond donors (Lipinski definition) is 1. The highest BCUT2D eigenvalue weighted by Gasteiger charge is 2.36. The van der Waals surface area contributed by atoms with Gasteiger partial charge in [0.1, 0.15) is 12.3 Å². The van der Waals surface area contributed by atoms with E-state index >= 15 is 0 Å². The van der Waals surface area contributed by atoms with Crippen molar-refractivity contribution < 1.29 is 18.8 Å². The molecule has 1 aromatic carbocycles. The van der Waals surface area contributed by atoms with Crippen LogP contribution in [-0.2, 0) is 9.59 Å². The largest absolute Gasteiger partial charge is 0.451 e. The predicted molar refractivity (Wildman–Crippen MR) is 109 cm³/mol. The number of benzene rings is 1. The SMILES string of the molecule is Cc1ccc(Cl)cc1NC(=O)CN1C(=O)S/C(=C\c2ccc(I)o2)C1=O. The first kappa shape index (κ1) is 19.0. The number of nitrogens with one attached hydrogen (secondary N) is 1. The summed E-state index contributed by atoms with van der Waals surface area (Å²) in [6.07, 6.45) is 1.49. The number of halogens is 2. The predicted octanol–water partition coefficient (Wildman–Crippen LogP) is 4.52. The molecule has 0 unspecified atom stereocenters. The van der Waals surface area contributed by atoms with Gasteiger partial charge in [-0.05, 0) is 71.1 Å². The number of amides is 3. The molecule has 0 spiro atoms. The van der Waals surface area contributed by atoms with E-state index in [0.29, 0.717) is 20.2 Å². The topological polar surface area (TPSA) is 79.6 Å². The molecular weight excluding hydrogens is 491 g/mol. The minimum absolute atomic E-state index is 0.215. The van der Waals surface area contributed by atoms with Gasteiger partial charge in [-0.25, -0.2) is 0 Å². The van der Waals surface area contributed by atoms with Crippen LogP contribution in [0.25, 0.3) is 6.08 Å². The molecule has 2 heterocycles. The number of hydrogen-bond acceptors (Lipinski definition) is 5. The van der Waals surface area contributed by atoms with Gasteiger partial charge >= 0.3 is 0 Å². The number of nitrogens with zero attached hydrogens (tertiary/aromatic N) is 1. The van der Waals surface area contributed by atoms with Crippen LogP contribution in [0.1, 0.15) is 11.3 Å². The van der Waals surface area contributed by atoms with Crippen LogP contribution in [-0.4, -0.2) is 28.5 Å². The molecule has 0 radical (unpaired) electrons. The fourth-order valence-electron chi connectivity index (χ4n) is 2.23. The van der Waals surface area contributed by atoms with Gasteiger partial charge in [0, 0.05) is 16.8 Å². The fourth-order valence-corrected chi connectivity index (χ4v) is 3.66. The van der Waals surface area contributed by atoms with Crippen molar-refractivity contribution in [1.82, 2.24) is 4.90 Å². The lowest BCUT2D eigenvalue weighted by molar-refractivity contribution is -0.127. The Morgan fingerprint density at radius 3 is 2.81 bits per heavy atom. The number of thioether (sulfide) groups is 1. The van der Waals surface area contributed by atoms with Gasteiger partial charge in [-0.15, -0.1) is 0 Å². The highest BCUT2D eigenvalue weighted by atomic mass is 127. The molecule has 0 saturated carbocycles. The van der Waals surface area contributed by atoms with Crippen molar-refractivity contribution in [3.8, 4) is 0 Å². The van der Waals surface area contributed by atoms with E-state index in [4.69, 9.17) is 16.0 Å². The van der Waals surface area contributed by atoms with Gasteiger partial charge in [0.15, 0.2) is 3.77 Å². The molecular formula is C17H12ClIN2O4S. The van der Waals surface area contributed by atoms with Gasteiger partial charge in [-0.2, -0.15) is 0 Å². The zero-order valence-electron chi connectivity index (χ0n) is 13.4. The first-order valence-electron chi connectivity index (χ1n) is 7.40. The molecule has 26 heavy (non-hydrogen) atoms. The molecule has 3 amide bonds. The van der Waals surface area contributed by atoms with E-state index in [-0.39, 0.29) is 11.4 Å². The van der Waals surface area contributed by atoms with Crippen molar-refractivity contribution in [3.05, 3.63) is 55.4 Å². The van der Waals surface area contributed by atoms with E-state index in [9.17, 15) is 14.4 Å². The lowest BCUT2D eigenvalue weighted by Crippen LogP contribution is -2.36. The molecule has 1 aliphatic heterocycles. The molecule has 9 heteroatoms. The molecule has 0 atom stereocenters. The molecule has 134 valence electrons. The average Bonchev–Trinajstić information content (AvgIpc) is 3.09. The summed E-state index contributed by atoms with van der Waals surface area (Å²) in [5, 5.41) is 2.65. The van der Waals surface area contributed by atoms with Gasteiger partial charge in [-0.1, -0.05) is 17.7 Å². The molecule has 1 aliphatic rings. The quantitative estimate of drug-likeness (QED) is 0.491. The number of anilines is 1. The molecule has 1 fully saturated rings. The van der Waals surface area contributed by atoms with Crippen molar-refractivity contribution >= 4 is 74.8 Å². The highest BCUT2D eigenvalue weighted by molar-refractivity contribution is 14.1. The van der Waals surface area contributed by atoms with Gasteiger partial charge < -0.3 is 9.73 Å². The molecule has 2 aromatic rings. The Labute approximate surface area is 172 Å². The normalized spacial score (nSPS) is 15.8. The van der Waals surface area contributed by atoms with Gasteiger partial charge in [0.05, 0.1) is 4.91 Å². The lowest BCUT2D eigenvalue weighted by atomic mass is 10.2. The van der Waals surface area contributed by atoms with Gasteiger partial charge in [0.2, 0.25) is 5.91 Å². The van der Waals surface area contributed by atoms with E-state index in [0.717, 1.165) is 22.2 Å². The Bertz CT molecular complexity index is 941. The van der Waals surface area contributed by atoms with Crippen molar-refractivity contribution in [3.63, 3.8) is 0 Å². The Hall–Kier alpha value is -1.78. The summed E-state index contributed by atoms with van der Waals surface area (Å²) in [6.45, 7) is 1.45. The van der Waals surface area contributed by atoms with Crippen LogP contribution < -0.4 is 5.32 Å².